The first-order chi connectivity index (χ1) is 27.0. The molecule has 0 spiro atoms. The molecule has 0 bridgehead atoms. The molecule has 2 saturated carbocycles. The van der Waals surface area contributed by atoms with Gasteiger partial charge in [-0.05, 0) is 78.9 Å². The average molecular weight is 844 g/mol. The molecule has 15 nitrogen and oxygen atoms in total. The third-order valence-corrected chi connectivity index (χ3v) is 13.8. The first kappa shape index (κ1) is 42.9. The summed E-state index contributed by atoms with van der Waals surface area (Å²) in [4.78, 5) is 61.7. The van der Waals surface area contributed by atoms with Gasteiger partial charge in [0.1, 0.15) is 35.3 Å². The van der Waals surface area contributed by atoms with Crippen LogP contribution in [-0.2, 0) is 33.9 Å². The van der Waals surface area contributed by atoms with E-state index < -0.39 is 97.8 Å². The molecule has 2 aliphatic heterocycles. The number of ether oxygens (including phenoxy) is 4. The van der Waals surface area contributed by atoms with Crippen molar-refractivity contribution in [1.29, 1.82) is 0 Å². The maximum atomic E-state index is 14.7. The van der Waals surface area contributed by atoms with Crippen LogP contribution in [0.15, 0.2) is 36.5 Å². The van der Waals surface area contributed by atoms with Gasteiger partial charge in [-0.25, -0.2) is 31.4 Å². The van der Waals surface area contributed by atoms with Crippen LogP contribution in [-0.4, -0.2) is 108 Å². The predicted molar refractivity (Wildman–Crippen MR) is 209 cm³/mol. The molecule has 1 aromatic heterocycles. The standard InChI is InChI=1S/C39H50F3N5O10S.3H2/c1-21-10-8-9-11-23-19-39(23,34(50)46-58(52,53)37(5)13-14-37)45-31(48)28-18-25(56-32-27-16-24(40)17-29(54-7)26(27)12-15-43-32)20-47(28)33(49)30(22(2)55-21)44-35(51)57-36(3,4)38(6,41)42;;;/h9,11-12,15-17,21-23,25,28,30H,8,10,13-14,18-20H2,1-7H3,(H,44,51)(H,45,48)(H,46,50);3*1H/b11-9-;;;/t21-,22+,23-,25-,28+,30+,39-;;;/m1.../s1. The minimum absolute atomic E-state index is 0. The van der Waals surface area contributed by atoms with E-state index in [0.29, 0.717) is 38.0 Å². The SMILES string of the molecule is COc1cc(F)cc2c(O[C@@H]3C[C@H]4C(=O)N[C@]5(C(=O)NS(=O)(=O)C6(C)CC6)C[C@H]5/C=C\CC[C@@H](C)O[C@@H](C)[C@H](NC(=O)OC(C)(C)C(C)(F)F)C(=O)N4C3)nccc12.[HH].[HH].[HH]. The van der Waals surface area contributed by atoms with Gasteiger partial charge in [-0.2, -0.15) is 0 Å². The van der Waals surface area contributed by atoms with Crippen molar-refractivity contribution in [3.05, 3.63) is 42.4 Å². The molecule has 324 valence electrons. The van der Waals surface area contributed by atoms with Gasteiger partial charge in [-0.1, -0.05) is 12.2 Å². The molecule has 2 aliphatic carbocycles. The van der Waals surface area contributed by atoms with E-state index in [-0.39, 0.29) is 40.7 Å². The minimum atomic E-state index is -4.10. The van der Waals surface area contributed by atoms with Crippen LogP contribution in [0.1, 0.15) is 84.3 Å². The van der Waals surface area contributed by atoms with Gasteiger partial charge in [0.25, 0.3) is 11.8 Å². The van der Waals surface area contributed by atoms with Crippen LogP contribution in [0.4, 0.5) is 18.0 Å². The van der Waals surface area contributed by atoms with Crippen molar-refractivity contribution in [1.82, 2.24) is 25.2 Å². The number of alkyl carbamates (subject to hydrolysis) is 1. The van der Waals surface area contributed by atoms with E-state index in [1.165, 1.54) is 39.3 Å². The van der Waals surface area contributed by atoms with E-state index in [0.717, 1.165) is 18.7 Å². The van der Waals surface area contributed by atoms with Crippen molar-refractivity contribution in [3.8, 4) is 11.6 Å². The van der Waals surface area contributed by atoms with E-state index >= 15 is 0 Å². The predicted octanol–water partition coefficient (Wildman–Crippen LogP) is 5.01. The molecule has 4 amide bonds. The Hall–Kier alpha value is -4.65. The minimum Gasteiger partial charge on any atom is -0.496 e. The number of carbonyl (C=O) groups is 4. The number of hydrogen-bond donors (Lipinski definition) is 3. The molecule has 3 fully saturated rings. The number of pyridine rings is 1. The lowest BCUT2D eigenvalue weighted by atomic mass is 10.0. The summed E-state index contributed by atoms with van der Waals surface area (Å²) in [6.07, 6.45) is 2.45. The van der Waals surface area contributed by atoms with Crippen molar-refractivity contribution in [2.75, 3.05) is 13.7 Å². The van der Waals surface area contributed by atoms with Crippen LogP contribution < -0.4 is 24.8 Å². The highest BCUT2D eigenvalue weighted by Gasteiger charge is 2.63. The fourth-order valence-electron chi connectivity index (χ4n) is 7.19. The van der Waals surface area contributed by atoms with Gasteiger partial charge in [0, 0.05) is 41.2 Å². The van der Waals surface area contributed by atoms with Crippen LogP contribution in [0.2, 0.25) is 0 Å². The van der Waals surface area contributed by atoms with Crippen LogP contribution in [0.5, 0.6) is 11.6 Å². The third kappa shape index (κ3) is 8.56. The summed E-state index contributed by atoms with van der Waals surface area (Å²) in [5, 5.41) is 5.85. The fourth-order valence-corrected chi connectivity index (χ4v) is 8.51. The number of alkyl halides is 2. The molecular formula is C39H56F3N5O10S. The zero-order valence-electron chi connectivity index (χ0n) is 33.4. The Labute approximate surface area is 339 Å². The number of carbonyl (C=O) groups excluding carboxylic acids is 4. The second kappa shape index (κ2) is 15.5. The zero-order valence-corrected chi connectivity index (χ0v) is 34.2. The summed E-state index contributed by atoms with van der Waals surface area (Å²) in [5.74, 6) is -7.15. The Morgan fingerprint density at radius 2 is 1.84 bits per heavy atom. The normalized spacial score (nSPS) is 29.4. The molecular weight excluding hydrogens is 788 g/mol. The first-order valence-electron chi connectivity index (χ1n) is 19.2. The van der Waals surface area contributed by atoms with Crippen molar-refractivity contribution in [2.45, 2.75) is 132 Å². The van der Waals surface area contributed by atoms with E-state index in [1.54, 1.807) is 25.1 Å². The van der Waals surface area contributed by atoms with Crippen LogP contribution in [0, 0.1) is 11.7 Å². The molecule has 3 heterocycles. The van der Waals surface area contributed by atoms with Crippen molar-refractivity contribution in [2.24, 2.45) is 5.92 Å². The molecule has 7 atom stereocenters. The summed E-state index contributed by atoms with van der Waals surface area (Å²) in [7, 11) is -2.73. The molecule has 3 N–H and O–H groups in total. The van der Waals surface area contributed by atoms with Gasteiger partial charge in [-0.3, -0.25) is 19.1 Å². The number of allylic oxidation sites excluding steroid dienone is 1. The molecule has 0 unspecified atom stereocenters. The number of nitrogens with one attached hydrogen (secondary N) is 3. The number of aromatic nitrogens is 1. The molecule has 6 rings (SSSR count). The summed E-state index contributed by atoms with van der Waals surface area (Å²) < 4.78 is 93.7. The van der Waals surface area contributed by atoms with Gasteiger partial charge in [0.15, 0.2) is 5.60 Å². The molecule has 19 heteroatoms. The third-order valence-electron chi connectivity index (χ3n) is 11.7. The average Bonchev–Trinajstić information content (AvgIpc) is 4.01. The second-order valence-corrected chi connectivity index (χ2v) is 18.7. The molecule has 0 radical (unpaired) electrons. The first-order valence-corrected chi connectivity index (χ1v) is 20.7. The number of halogens is 3. The van der Waals surface area contributed by atoms with Gasteiger partial charge in [0.05, 0.1) is 36.0 Å². The van der Waals surface area contributed by atoms with E-state index in [1.807, 2.05) is 0 Å². The number of fused-ring (bicyclic) bond motifs is 3. The monoisotopic (exact) mass is 843 g/mol. The Balaban J connectivity index is 0.00000331. The molecule has 4 aliphatic rings. The van der Waals surface area contributed by atoms with Crippen LogP contribution >= 0.6 is 0 Å². The van der Waals surface area contributed by atoms with Gasteiger partial charge < -0.3 is 34.5 Å². The van der Waals surface area contributed by atoms with E-state index in [2.05, 4.69) is 20.3 Å². The van der Waals surface area contributed by atoms with E-state index in [4.69, 9.17) is 18.9 Å². The smallest absolute Gasteiger partial charge is 0.408 e. The summed E-state index contributed by atoms with van der Waals surface area (Å²) in [5.41, 5.74) is -3.97. The lowest BCUT2D eigenvalue weighted by Crippen LogP contribution is -2.60. The Morgan fingerprint density at radius 3 is 2.50 bits per heavy atom. The molecule has 2 aromatic rings. The summed E-state index contributed by atoms with van der Waals surface area (Å²) in [6, 6.07) is 0.999. The van der Waals surface area contributed by atoms with Crippen molar-refractivity contribution >= 4 is 44.6 Å². The Kier molecular flexibility index (Phi) is 11.5. The van der Waals surface area contributed by atoms with Crippen molar-refractivity contribution in [3.63, 3.8) is 0 Å². The number of sulfonamides is 1. The van der Waals surface area contributed by atoms with Crippen LogP contribution in [0.25, 0.3) is 10.8 Å². The Bertz CT molecular complexity index is 2130. The number of methoxy groups -OCH3 is 1. The number of hydrogen-bond acceptors (Lipinski definition) is 11. The molecule has 1 aromatic carbocycles. The molecule has 58 heavy (non-hydrogen) atoms. The summed E-state index contributed by atoms with van der Waals surface area (Å²) >= 11 is 0. The van der Waals surface area contributed by atoms with Crippen LogP contribution in [0.3, 0.4) is 0 Å². The van der Waals surface area contributed by atoms with Gasteiger partial charge in [0.2, 0.25) is 27.7 Å². The second-order valence-electron chi connectivity index (χ2n) is 16.5. The number of amides is 4. The maximum Gasteiger partial charge on any atom is 0.408 e. The number of benzene rings is 1. The van der Waals surface area contributed by atoms with Gasteiger partial charge in [-0.15, -0.1) is 0 Å². The van der Waals surface area contributed by atoms with Crippen molar-refractivity contribution < 1.29 is 64.0 Å². The highest BCUT2D eigenvalue weighted by Crippen LogP contribution is 2.47. The highest BCUT2D eigenvalue weighted by atomic mass is 32.2. The zero-order chi connectivity index (χ0) is 42.6. The number of rotatable bonds is 9. The Morgan fingerprint density at radius 1 is 1.14 bits per heavy atom. The lowest BCUT2D eigenvalue weighted by Gasteiger charge is -2.35. The topological polar surface area (TPSA) is 192 Å². The quantitative estimate of drug-likeness (QED) is 0.288. The maximum absolute atomic E-state index is 14.7. The fraction of sp³-hybridized carbons (Fsp3) is 0.615. The lowest BCUT2D eigenvalue weighted by molar-refractivity contribution is -0.153. The number of nitrogens with zero attached hydrogens (tertiary/aromatic N) is 2. The highest BCUT2D eigenvalue weighted by molar-refractivity contribution is 7.91. The van der Waals surface area contributed by atoms with Gasteiger partial charge >= 0.3 is 6.09 Å². The van der Waals surface area contributed by atoms with E-state index in [9.17, 15) is 40.8 Å². The molecule has 1 saturated heterocycles. The summed E-state index contributed by atoms with van der Waals surface area (Å²) in [6.45, 7) is 7.08. The largest absolute Gasteiger partial charge is 0.496 e.